The van der Waals surface area contributed by atoms with Crippen molar-refractivity contribution < 1.29 is 17.6 Å². The molecule has 0 aliphatic carbocycles. The molecule has 4 nitrogen and oxygen atoms in total. The Kier molecular flexibility index (Phi) is 7.38. The van der Waals surface area contributed by atoms with Gasteiger partial charge in [-0.15, -0.1) is 0 Å². The number of nitrogens with two attached hydrogens (primary N) is 1. The Morgan fingerprint density at radius 2 is 1.94 bits per heavy atom. The van der Waals surface area contributed by atoms with Gasteiger partial charge in [0.05, 0.1) is 10.4 Å². The van der Waals surface area contributed by atoms with Crippen LogP contribution >= 0.6 is 11.3 Å². The summed E-state index contributed by atoms with van der Waals surface area (Å²) in [5.74, 6) is -0.914. The van der Waals surface area contributed by atoms with Crippen LogP contribution in [0.15, 0.2) is 42.6 Å². The molecule has 0 aliphatic heterocycles. The summed E-state index contributed by atoms with van der Waals surface area (Å²) in [6, 6.07) is 10.5. The summed E-state index contributed by atoms with van der Waals surface area (Å²) in [6.07, 6.45) is 2.50. The highest BCUT2D eigenvalue weighted by Crippen LogP contribution is 2.31. The first-order valence-electron chi connectivity index (χ1n) is 9.76. The minimum Gasteiger partial charge on any atom is -0.360 e. The first-order valence-corrected chi connectivity index (χ1v) is 10.6. The molecule has 0 fully saturated rings. The number of nitrogens with one attached hydrogen (secondary N) is 2. The van der Waals surface area contributed by atoms with Gasteiger partial charge < -0.3 is 16.4 Å². The third-order valence-corrected chi connectivity index (χ3v) is 5.90. The topological polar surface area (TPSA) is 63.0 Å². The fourth-order valence-corrected chi connectivity index (χ4v) is 3.96. The average molecular weight is 463 g/mol. The molecule has 0 radical (unpaired) electrons. The Hall–Kier alpha value is -3.09. The highest BCUT2D eigenvalue weighted by Gasteiger charge is 2.31. The molecule has 3 rings (SSSR count). The van der Waals surface area contributed by atoms with Crippen LogP contribution in [-0.2, 0) is 19.1 Å². The van der Waals surface area contributed by atoms with E-state index in [9.17, 15) is 17.6 Å². The van der Waals surface area contributed by atoms with E-state index in [0.29, 0.717) is 24.3 Å². The van der Waals surface area contributed by atoms with E-state index in [4.69, 9.17) is 12.2 Å². The predicted octanol–water partition coefficient (Wildman–Crippen LogP) is 4.94. The molecule has 1 heterocycles. The van der Waals surface area contributed by atoms with Crippen molar-refractivity contribution in [3.63, 3.8) is 0 Å². The van der Waals surface area contributed by atoms with Crippen LogP contribution in [0.5, 0.6) is 0 Å². The van der Waals surface area contributed by atoms with Gasteiger partial charge in [0.1, 0.15) is 5.82 Å². The molecule has 168 valence electrons. The summed E-state index contributed by atoms with van der Waals surface area (Å²) in [7, 11) is 0. The molecule has 1 atom stereocenters. The minimum atomic E-state index is -4.58. The van der Waals surface area contributed by atoms with Gasteiger partial charge in [-0.05, 0) is 47.7 Å². The van der Waals surface area contributed by atoms with Crippen molar-refractivity contribution in [1.82, 2.24) is 10.3 Å². The SMILES string of the molecule is C#CNCc1ccc(-c2cnc(NCC(N)Cc3ccc(C(F)(F)F)cc3F)s2)cc1C. The lowest BCUT2D eigenvalue weighted by Crippen LogP contribution is -2.31. The number of alkyl halides is 3. The van der Waals surface area contributed by atoms with E-state index in [1.807, 2.05) is 19.1 Å². The second-order valence-corrected chi connectivity index (χ2v) is 8.35. The molecule has 0 amide bonds. The number of halogens is 4. The highest BCUT2D eigenvalue weighted by molar-refractivity contribution is 7.18. The van der Waals surface area contributed by atoms with Crippen LogP contribution in [0.4, 0.5) is 22.7 Å². The van der Waals surface area contributed by atoms with Crippen LogP contribution in [0.2, 0.25) is 0 Å². The molecule has 1 aromatic heterocycles. The van der Waals surface area contributed by atoms with Gasteiger partial charge in [-0.1, -0.05) is 42.0 Å². The fourth-order valence-electron chi connectivity index (χ4n) is 3.15. The van der Waals surface area contributed by atoms with Gasteiger partial charge >= 0.3 is 6.18 Å². The summed E-state index contributed by atoms with van der Waals surface area (Å²) in [5, 5.41) is 6.61. The maximum absolute atomic E-state index is 14.0. The third kappa shape index (κ3) is 5.99. The summed E-state index contributed by atoms with van der Waals surface area (Å²) < 4.78 is 52.0. The van der Waals surface area contributed by atoms with Gasteiger partial charge in [-0.3, -0.25) is 0 Å². The second kappa shape index (κ2) is 10.0. The smallest absolute Gasteiger partial charge is 0.360 e. The van der Waals surface area contributed by atoms with Gasteiger partial charge in [0, 0.05) is 31.4 Å². The quantitative estimate of drug-likeness (QED) is 0.252. The van der Waals surface area contributed by atoms with Gasteiger partial charge in [-0.25, -0.2) is 9.37 Å². The molecule has 1 unspecified atom stereocenters. The number of rotatable bonds is 8. The lowest BCUT2D eigenvalue weighted by molar-refractivity contribution is -0.137. The molecular formula is C23H22F4N4S. The van der Waals surface area contributed by atoms with Gasteiger partial charge in [0.25, 0.3) is 0 Å². The van der Waals surface area contributed by atoms with Crippen LogP contribution in [-0.4, -0.2) is 17.6 Å². The summed E-state index contributed by atoms with van der Waals surface area (Å²) in [4.78, 5) is 5.31. The van der Waals surface area contributed by atoms with E-state index in [2.05, 4.69) is 27.7 Å². The van der Waals surface area contributed by atoms with Crippen molar-refractivity contribution in [3.8, 4) is 22.9 Å². The van der Waals surface area contributed by atoms with Crippen molar-refractivity contribution in [2.45, 2.75) is 32.1 Å². The van der Waals surface area contributed by atoms with Gasteiger partial charge in [0.15, 0.2) is 5.13 Å². The monoisotopic (exact) mass is 462 g/mol. The Balaban J connectivity index is 1.58. The lowest BCUT2D eigenvalue weighted by Gasteiger charge is -2.14. The van der Waals surface area contributed by atoms with E-state index in [0.717, 1.165) is 33.7 Å². The first kappa shape index (κ1) is 23.6. The number of hydrogen-bond acceptors (Lipinski definition) is 5. The first-order chi connectivity index (χ1) is 15.2. The minimum absolute atomic E-state index is 0.0988. The van der Waals surface area contributed by atoms with Crippen molar-refractivity contribution in [3.05, 3.63) is 70.7 Å². The Labute approximate surface area is 187 Å². The zero-order valence-corrected chi connectivity index (χ0v) is 18.1. The Morgan fingerprint density at radius 1 is 1.19 bits per heavy atom. The van der Waals surface area contributed by atoms with Crippen molar-refractivity contribution >= 4 is 16.5 Å². The van der Waals surface area contributed by atoms with Gasteiger partial charge in [-0.2, -0.15) is 13.2 Å². The van der Waals surface area contributed by atoms with Crippen molar-refractivity contribution in [2.75, 3.05) is 11.9 Å². The molecule has 4 N–H and O–H groups in total. The number of aromatic nitrogens is 1. The molecule has 0 spiro atoms. The largest absolute Gasteiger partial charge is 0.416 e. The molecule has 9 heteroatoms. The number of aryl methyl sites for hydroxylation is 1. The molecule has 0 saturated carbocycles. The molecule has 32 heavy (non-hydrogen) atoms. The number of anilines is 1. The van der Waals surface area contributed by atoms with E-state index in [1.165, 1.54) is 11.3 Å². The van der Waals surface area contributed by atoms with Crippen molar-refractivity contribution in [2.24, 2.45) is 5.73 Å². The van der Waals surface area contributed by atoms with Crippen LogP contribution in [0.25, 0.3) is 10.4 Å². The maximum atomic E-state index is 14.0. The van der Waals surface area contributed by atoms with E-state index in [-0.39, 0.29) is 12.0 Å². The molecule has 2 aromatic carbocycles. The van der Waals surface area contributed by atoms with Crippen LogP contribution in [0.1, 0.15) is 22.3 Å². The van der Waals surface area contributed by atoms with Crippen LogP contribution in [0.3, 0.4) is 0 Å². The average Bonchev–Trinajstić information content (AvgIpc) is 3.21. The summed E-state index contributed by atoms with van der Waals surface area (Å²) >= 11 is 1.45. The zero-order valence-electron chi connectivity index (χ0n) is 17.3. The fraction of sp³-hybridized carbons (Fsp3) is 0.261. The second-order valence-electron chi connectivity index (χ2n) is 7.32. The normalized spacial score (nSPS) is 12.3. The van der Waals surface area contributed by atoms with Crippen LogP contribution < -0.4 is 16.4 Å². The molecule has 0 bridgehead atoms. The number of hydrogen-bond donors (Lipinski definition) is 3. The maximum Gasteiger partial charge on any atom is 0.416 e. The van der Waals surface area contributed by atoms with Crippen LogP contribution in [0, 0.1) is 25.2 Å². The Bertz CT molecular complexity index is 1120. The number of benzene rings is 2. The molecule has 0 aliphatic rings. The standard InChI is InChI=1S/C23H22F4N4S/c1-3-29-11-17-5-4-16(8-14(17)2)21-13-31-22(32-21)30-12-19(28)9-15-6-7-18(10-20(15)24)23(25,26)27/h1,4-8,10,13,19,29H,9,11-12,28H2,2H3,(H,30,31). The van der Waals surface area contributed by atoms with E-state index in [1.54, 1.807) is 6.20 Å². The van der Waals surface area contributed by atoms with Gasteiger partial charge in [0.2, 0.25) is 0 Å². The predicted molar refractivity (Wildman–Crippen MR) is 120 cm³/mol. The third-order valence-electron chi connectivity index (χ3n) is 4.89. The lowest BCUT2D eigenvalue weighted by atomic mass is 10.0. The van der Waals surface area contributed by atoms with E-state index < -0.39 is 23.6 Å². The molecule has 3 aromatic rings. The van der Waals surface area contributed by atoms with Crippen molar-refractivity contribution in [1.29, 1.82) is 0 Å². The molecular weight excluding hydrogens is 440 g/mol. The number of nitrogens with zero attached hydrogens (tertiary/aromatic N) is 1. The zero-order chi connectivity index (χ0) is 23.3. The number of thiazole rings is 1. The Morgan fingerprint density at radius 3 is 2.59 bits per heavy atom. The highest BCUT2D eigenvalue weighted by atomic mass is 32.1. The molecule has 0 saturated heterocycles. The summed E-state index contributed by atoms with van der Waals surface area (Å²) in [6.45, 7) is 2.90. The van der Waals surface area contributed by atoms with E-state index >= 15 is 0 Å². The number of terminal acetylenes is 1. The summed E-state index contributed by atoms with van der Waals surface area (Å²) in [5.41, 5.74) is 8.40.